The Hall–Kier alpha value is -6.10. The quantitative estimate of drug-likeness (QED) is 0.0476. The molecule has 2 fully saturated rings. The van der Waals surface area contributed by atoms with Crippen molar-refractivity contribution in [2.75, 3.05) is 66.7 Å². The van der Waals surface area contributed by atoms with Crippen molar-refractivity contribution < 1.29 is 23.6 Å². The normalized spacial score (nSPS) is 15.8. The van der Waals surface area contributed by atoms with Crippen LogP contribution in [-0.4, -0.2) is 89.3 Å². The van der Waals surface area contributed by atoms with E-state index in [4.69, 9.17) is 21.0 Å². The second-order valence-electron chi connectivity index (χ2n) is 15.7. The number of piperazine rings is 1. The number of halogens is 1. The van der Waals surface area contributed by atoms with Crippen molar-refractivity contribution in [2.45, 2.75) is 58.3 Å². The van der Waals surface area contributed by atoms with E-state index in [9.17, 15) is 19.2 Å². The van der Waals surface area contributed by atoms with Gasteiger partial charge in [-0.2, -0.15) is 0 Å². The van der Waals surface area contributed by atoms with Gasteiger partial charge >= 0.3 is 0 Å². The molecular weight excluding hydrogens is 828 g/mol. The fraction of sp³-hybridized carbons (Fsp3) is 0.356. The van der Waals surface area contributed by atoms with E-state index in [0.29, 0.717) is 70.3 Å². The highest BCUT2D eigenvalue weighted by molar-refractivity contribution is 7.17. The summed E-state index contributed by atoms with van der Waals surface area (Å²) in [5.74, 6) is 0.932. The molecule has 3 aromatic carbocycles. The number of carbonyl (C=O) groups excluding carboxylic acids is 4. The van der Waals surface area contributed by atoms with Gasteiger partial charge in [0.15, 0.2) is 5.13 Å². The number of aryl methyl sites for hydroxylation is 2. The zero-order valence-electron chi connectivity index (χ0n) is 34.7. The lowest BCUT2D eigenvalue weighted by molar-refractivity contribution is -0.134. The van der Waals surface area contributed by atoms with Crippen molar-refractivity contribution in [3.8, 4) is 0 Å². The molecule has 15 nitrogen and oxygen atoms in total. The standard InChI is InChI=1S/C45H49ClN10O5S/c1-27-7-6-8-34(46)42(27)54-44(60)36-25-49-45(62-36)52-37-24-38(51-28(2)50-37)56-21-19-55(20-22-56)18-5-3-4-9-39(57)48-17-16-47-30-11-12-31-29(23-30)10-14-35-41(31)33(26-61-35)32-13-15-40(58)53-43(32)59/h6-8,10-12,14,23-26,32,47H,3-5,9,13,15-22H2,1-2H3,(H,48,57)(H,54,60)(H,53,58,59)(H,49,50,51,52). The minimum absolute atomic E-state index is 0.0561. The van der Waals surface area contributed by atoms with Crippen LogP contribution in [0.15, 0.2) is 71.5 Å². The van der Waals surface area contributed by atoms with Gasteiger partial charge in [0.05, 0.1) is 29.1 Å². The van der Waals surface area contributed by atoms with Crippen molar-refractivity contribution >= 4 is 96.5 Å². The minimum Gasteiger partial charge on any atom is -0.464 e. The molecule has 1 unspecified atom stereocenters. The number of imide groups is 1. The van der Waals surface area contributed by atoms with E-state index in [2.05, 4.69) is 52.4 Å². The largest absolute Gasteiger partial charge is 0.464 e. The Balaban J connectivity index is 0.718. The molecule has 2 aliphatic heterocycles. The Bertz CT molecular complexity index is 2600. The van der Waals surface area contributed by atoms with Crippen LogP contribution in [0.4, 0.5) is 28.1 Å². The highest BCUT2D eigenvalue weighted by Gasteiger charge is 2.31. The molecule has 8 rings (SSSR count). The van der Waals surface area contributed by atoms with Gasteiger partial charge in [-0.25, -0.2) is 15.0 Å². The van der Waals surface area contributed by atoms with Crippen LogP contribution in [-0.2, 0) is 14.4 Å². The Labute approximate surface area is 368 Å². The fourth-order valence-electron chi connectivity index (χ4n) is 8.03. The number of fused-ring (bicyclic) bond motifs is 3. The average Bonchev–Trinajstić information content (AvgIpc) is 3.91. The third-order valence-electron chi connectivity index (χ3n) is 11.3. The van der Waals surface area contributed by atoms with Crippen LogP contribution in [0.2, 0.25) is 5.02 Å². The maximum atomic E-state index is 12.9. The summed E-state index contributed by atoms with van der Waals surface area (Å²) in [6.07, 6.45) is 7.30. The number of rotatable bonds is 16. The first-order valence-corrected chi connectivity index (χ1v) is 22.2. The number of nitrogens with one attached hydrogen (secondary N) is 5. The van der Waals surface area contributed by atoms with Crippen LogP contribution in [0.25, 0.3) is 21.7 Å². The third kappa shape index (κ3) is 10.2. The molecule has 3 aromatic heterocycles. The molecule has 17 heteroatoms. The number of carbonyl (C=O) groups is 4. The number of benzene rings is 3. The number of thiazole rings is 1. The van der Waals surface area contributed by atoms with Crippen LogP contribution in [0.1, 0.15) is 71.1 Å². The number of piperidine rings is 1. The molecule has 6 aromatic rings. The zero-order chi connectivity index (χ0) is 43.2. The van der Waals surface area contributed by atoms with Gasteiger partial charge in [0, 0.05) is 74.8 Å². The van der Waals surface area contributed by atoms with Crippen molar-refractivity contribution in [1.29, 1.82) is 0 Å². The molecule has 2 saturated heterocycles. The first kappa shape index (κ1) is 42.6. The molecule has 2 aliphatic rings. The lowest BCUT2D eigenvalue weighted by Crippen LogP contribution is -2.47. The maximum Gasteiger partial charge on any atom is 0.267 e. The van der Waals surface area contributed by atoms with Crippen molar-refractivity contribution in [3.63, 3.8) is 0 Å². The van der Waals surface area contributed by atoms with E-state index in [-0.39, 0.29) is 23.6 Å². The number of furan rings is 1. The Morgan fingerprint density at radius 1 is 0.984 bits per heavy atom. The lowest BCUT2D eigenvalue weighted by atomic mass is 9.89. The van der Waals surface area contributed by atoms with Crippen molar-refractivity contribution in [3.05, 3.63) is 93.9 Å². The molecule has 0 saturated carbocycles. The van der Waals surface area contributed by atoms with Gasteiger partial charge < -0.3 is 30.6 Å². The lowest BCUT2D eigenvalue weighted by Gasteiger charge is -2.35. The second kappa shape index (κ2) is 19.3. The second-order valence-corrected chi connectivity index (χ2v) is 17.1. The number of unbranched alkanes of at least 4 members (excludes halogenated alkanes) is 2. The van der Waals surface area contributed by atoms with E-state index < -0.39 is 5.92 Å². The molecule has 0 radical (unpaired) electrons. The summed E-state index contributed by atoms with van der Waals surface area (Å²) >= 11 is 7.53. The van der Waals surface area contributed by atoms with Crippen LogP contribution < -0.4 is 31.5 Å². The van der Waals surface area contributed by atoms with Gasteiger partial charge in [0.25, 0.3) is 5.91 Å². The molecule has 62 heavy (non-hydrogen) atoms. The Kier molecular flexibility index (Phi) is 13.3. The highest BCUT2D eigenvalue weighted by Crippen LogP contribution is 2.37. The minimum atomic E-state index is -0.425. The monoisotopic (exact) mass is 876 g/mol. The molecule has 5 heterocycles. The molecule has 0 spiro atoms. The summed E-state index contributed by atoms with van der Waals surface area (Å²) in [5.41, 5.74) is 3.90. The number of amides is 4. The van der Waals surface area contributed by atoms with Gasteiger partial charge in [-0.05, 0) is 80.3 Å². The van der Waals surface area contributed by atoms with Crippen LogP contribution in [0.3, 0.4) is 0 Å². The molecule has 0 aliphatic carbocycles. The molecule has 0 bridgehead atoms. The van der Waals surface area contributed by atoms with Crippen molar-refractivity contribution in [1.82, 2.24) is 30.5 Å². The predicted octanol–water partition coefficient (Wildman–Crippen LogP) is 7.53. The number of anilines is 5. The van der Waals surface area contributed by atoms with Crippen LogP contribution in [0.5, 0.6) is 0 Å². The Morgan fingerprint density at radius 2 is 1.84 bits per heavy atom. The Morgan fingerprint density at radius 3 is 2.66 bits per heavy atom. The summed E-state index contributed by atoms with van der Waals surface area (Å²) in [5, 5.41) is 18.9. The van der Waals surface area contributed by atoms with Gasteiger partial charge in [0.2, 0.25) is 17.7 Å². The van der Waals surface area contributed by atoms with E-state index in [1.54, 1.807) is 12.3 Å². The van der Waals surface area contributed by atoms with Crippen LogP contribution >= 0.6 is 22.9 Å². The summed E-state index contributed by atoms with van der Waals surface area (Å²) < 4.78 is 5.80. The third-order valence-corrected chi connectivity index (χ3v) is 12.5. The van der Waals surface area contributed by atoms with E-state index in [1.807, 2.05) is 56.3 Å². The number of para-hydroxylation sites is 1. The number of hydrogen-bond donors (Lipinski definition) is 5. The topological polar surface area (TPSA) is 187 Å². The number of nitrogens with zero attached hydrogens (tertiary/aromatic N) is 5. The number of aromatic nitrogens is 3. The van der Waals surface area contributed by atoms with E-state index in [1.165, 1.54) is 17.5 Å². The molecule has 322 valence electrons. The van der Waals surface area contributed by atoms with E-state index >= 15 is 0 Å². The summed E-state index contributed by atoms with van der Waals surface area (Å²) in [6.45, 7) is 9.37. The summed E-state index contributed by atoms with van der Waals surface area (Å²) in [7, 11) is 0. The van der Waals surface area contributed by atoms with Crippen molar-refractivity contribution in [2.24, 2.45) is 0 Å². The zero-order valence-corrected chi connectivity index (χ0v) is 36.3. The van der Waals surface area contributed by atoms with Gasteiger partial charge in [-0.3, -0.25) is 29.4 Å². The summed E-state index contributed by atoms with van der Waals surface area (Å²) in [6, 6.07) is 17.4. The predicted molar refractivity (Wildman–Crippen MR) is 244 cm³/mol. The highest BCUT2D eigenvalue weighted by atomic mass is 35.5. The van der Waals surface area contributed by atoms with Gasteiger partial charge in [-0.1, -0.05) is 53.6 Å². The average molecular weight is 877 g/mol. The SMILES string of the molecule is Cc1nc(Nc2ncc(C(=O)Nc3c(C)cccc3Cl)s2)cc(N2CCN(CCCCCC(=O)NCCNc3ccc4c(ccc5occ(C6CCC(=O)NC6=O)c54)c3)CC2)n1. The van der Waals surface area contributed by atoms with Gasteiger partial charge in [-0.15, -0.1) is 0 Å². The maximum absolute atomic E-state index is 12.9. The fourth-order valence-corrected chi connectivity index (χ4v) is 9.02. The van der Waals surface area contributed by atoms with Crippen LogP contribution in [0, 0.1) is 13.8 Å². The first-order chi connectivity index (χ1) is 30.1. The smallest absolute Gasteiger partial charge is 0.267 e. The number of hydrogen-bond acceptors (Lipinski definition) is 13. The molecule has 4 amide bonds. The van der Waals surface area contributed by atoms with E-state index in [0.717, 1.165) is 90.8 Å². The van der Waals surface area contributed by atoms with Gasteiger partial charge in [0.1, 0.15) is 27.9 Å². The summed E-state index contributed by atoms with van der Waals surface area (Å²) in [4.78, 5) is 68.6. The molecule has 1 atom stereocenters. The first-order valence-electron chi connectivity index (χ1n) is 21.0. The molecule has 5 N–H and O–H groups in total. The molecular formula is C45H49ClN10O5S.